The average molecular weight is 547 g/mol. The molecule has 0 radical (unpaired) electrons. The Morgan fingerprint density at radius 2 is 1.74 bits per heavy atom. The van der Waals surface area contributed by atoms with E-state index in [1.54, 1.807) is 20.8 Å². The lowest BCUT2D eigenvalue weighted by Gasteiger charge is -2.29. The summed E-state index contributed by atoms with van der Waals surface area (Å²) in [4.78, 5) is 17.6. The van der Waals surface area contributed by atoms with Crippen molar-refractivity contribution in [1.82, 2.24) is 14.5 Å². The number of halogens is 6. The number of alkyl halides is 6. The van der Waals surface area contributed by atoms with E-state index in [1.165, 1.54) is 9.47 Å². The van der Waals surface area contributed by atoms with Crippen LogP contribution in [0.1, 0.15) is 50.9 Å². The summed E-state index contributed by atoms with van der Waals surface area (Å²) in [5, 5.41) is 11.0. The molecule has 1 N–H and O–H groups in total. The molecule has 208 valence electrons. The van der Waals surface area contributed by atoms with E-state index in [9.17, 15) is 36.2 Å². The molecule has 0 bridgehead atoms. The molecule has 2 aromatic heterocycles. The van der Waals surface area contributed by atoms with Crippen LogP contribution in [-0.4, -0.2) is 57.6 Å². The molecule has 1 aliphatic heterocycles. The predicted octanol–water partition coefficient (Wildman–Crippen LogP) is 6.17. The van der Waals surface area contributed by atoms with Crippen molar-refractivity contribution in [3.8, 4) is 5.75 Å². The van der Waals surface area contributed by atoms with Crippen molar-refractivity contribution < 1.29 is 45.7 Å². The van der Waals surface area contributed by atoms with Crippen molar-refractivity contribution in [3.63, 3.8) is 0 Å². The molecule has 0 saturated carbocycles. The number of carbonyl (C=O) groups is 1. The number of aliphatic hydroxyl groups excluding tert-OH is 1. The molecule has 7 nitrogen and oxygen atoms in total. The van der Waals surface area contributed by atoms with Gasteiger partial charge in [0.2, 0.25) is 0 Å². The minimum atomic E-state index is -4.84. The zero-order valence-electron chi connectivity index (χ0n) is 21.1. The molecule has 13 heteroatoms. The Labute approximate surface area is 213 Å². The van der Waals surface area contributed by atoms with Gasteiger partial charge in [0.1, 0.15) is 17.0 Å². The summed E-state index contributed by atoms with van der Waals surface area (Å²) in [6.07, 6.45) is -10.8. The number of hydrogen-bond acceptors (Lipinski definition) is 5. The monoisotopic (exact) mass is 547 g/mol. The lowest BCUT2D eigenvalue weighted by Crippen LogP contribution is -2.41. The third-order valence-electron chi connectivity index (χ3n) is 6.32. The molecule has 3 aromatic rings. The van der Waals surface area contributed by atoms with Gasteiger partial charge >= 0.3 is 18.4 Å². The molecular weight excluding hydrogens is 520 g/mol. The van der Waals surface area contributed by atoms with Crippen LogP contribution in [0.3, 0.4) is 0 Å². The minimum absolute atomic E-state index is 0.115. The third kappa shape index (κ3) is 5.33. The molecule has 1 fully saturated rings. The smallest absolute Gasteiger partial charge is 0.433 e. The zero-order chi connectivity index (χ0) is 28.2. The maximum absolute atomic E-state index is 13.8. The quantitative estimate of drug-likeness (QED) is 0.389. The summed E-state index contributed by atoms with van der Waals surface area (Å²) in [6.45, 7) is 5.20. The molecule has 4 rings (SSSR count). The first-order valence-electron chi connectivity index (χ1n) is 11.8. The lowest BCUT2D eigenvalue weighted by molar-refractivity contribution is -0.141. The van der Waals surface area contributed by atoms with Crippen LogP contribution in [0.15, 0.2) is 24.3 Å². The number of pyridine rings is 1. The van der Waals surface area contributed by atoms with Crippen LogP contribution in [0.2, 0.25) is 0 Å². The van der Waals surface area contributed by atoms with Crippen LogP contribution < -0.4 is 4.74 Å². The molecule has 3 heterocycles. The Hall–Kier alpha value is -3.22. The van der Waals surface area contributed by atoms with Gasteiger partial charge in [0, 0.05) is 18.0 Å². The first-order valence-corrected chi connectivity index (χ1v) is 11.8. The molecule has 0 spiro atoms. The number of aromatic nitrogens is 2. The predicted molar refractivity (Wildman–Crippen MR) is 126 cm³/mol. The number of β-amino-alcohol motifs (C(OH)–C–C–N with tert-alkyl or cyclic N) is 1. The second-order valence-corrected chi connectivity index (χ2v) is 10.2. The summed E-state index contributed by atoms with van der Waals surface area (Å²) in [7, 11) is 1.06. The highest BCUT2D eigenvalue weighted by Gasteiger charge is 2.38. The van der Waals surface area contributed by atoms with Crippen LogP contribution in [0.5, 0.6) is 5.75 Å². The fourth-order valence-corrected chi connectivity index (χ4v) is 4.75. The van der Waals surface area contributed by atoms with Gasteiger partial charge in [-0.1, -0.05) is 0 Å². The van der Waals surface area contributed by atoms with Crippen LogP contribution in [0.25, 0.3) is 21.9 Å². The molecule has 0 unspecified atom stereocenters. The summed E-state index contributed by atoms with van der Waals surface area (Å²) in [5.74, 6) is -0.524. The van der Waals surface area contributed by atoms with Crippen molar-refractivity contribution in [3.05, 3.63) is 35.5 Å². The second kappa shape index (κ2) is 9.51. The van der Waals surface area contributed by atoms with Crippen molar-refractivity contribution in [2.45, 2.75) is 63.7 Å². The first kappa shape index (κ1) is 27.8. The van der Waals surface area contributed by atoms with Crippen LogP contribution in [-0.2, 0) is 17.1 Å². The average Bonchev–Trinajstić information content (AvgIpc) is 2.96. The van der Waals surface area contributed by atoms with E-state index in [-0.39, 0.29) is 41.4 Å². The number of likely N-dealkylation sites (tertiary alicyclic amines) is 1. The highest BCUT2D eigenvalue weighted by atomic mass is 19.4. The molecule has 0 aliphatic carbocycles. The zero-order valence-corrected chi connectivity index (χ0v) is 21.1. The maximum Gasteiger partial charge on any atom is 0.433 e. The highest BCUT2D eigenvalue weighted by molar-refractivity contribution is 6.07. The number of benzene rings is 1. The van der Waals surface area contributed by atoms with Gasteiger partial charge in [0.05, 0.1) is 47.9 Å². The lowest BCUT2D eigenvalue weighted by atomic mass is 10.1. The number of nitrogens with zero attached hydrogens (tertiary/aromatic N) is 3. The summed E-state index contributed by atoms with van der Waals surface area (Å²) < 4.78 is 93.5. The third-order valence-corrected chi connectivity index (χ3v) is 6.32. The summed E-state index contributed by atoms with van der Waals surface area (Å²) >= 11 is 0. The molecular formula is C25H27F6N3O4. The van der Waals surface area contributed by atoms with Crippen molar-refractivity contribution in [2.24, 2.45) is 0 Å². The summed E-state index contributed by atoms with van der Waals surface area (Å²) in [5.41, 5.74) is -3.25. The number of rotatable bonds is 2. The van der Waals surface area contributed by atoms with E-state index in [0.717, 1.165) is 31.4 Å². The normalized spacial score (nSPS) is 19.6. The molecule has 38 heavy (non-hydrogen) atoms. The number of amides is 1. The Bertz CT molecular complexity index is 1360. The van der Waals surface area contributed by atoms with Crippen molar-refractivity contribution >= 4 is 28.0 Å². The van der Waals surface area contributed by atoms with Gasteiger partial charge in [-0.3, -0.25) is 0 Å². The van der Waals surface area contributed by atoms with Gasteiger partial charge in [-0.15, -0.1) is 0 Å². The fraction of sp³-hybridized carbons (Fsp3) is 0.520. The molecule has 2 atom stereocenters. The minimum Gasteiger partial charge on any atom is -0.496 e. The van der Waals surface area contributed by atoms with Crippen LogP contribution in [0, 0.1) is 0 Å². The number of fused-ring (bicyclic) bond motifs is 3. The summed E-state index contributed by atoms with van der Waals surface area (Å²) in [6, 6.07) is 2.90. The van der Waals surface area contributed by atoms with Gasteiger partial charge in [-0.25, -0.2) is 9.78 Å². The molecule has 1 aliphatic rings. The molecule has 1 saturated heterocycles. The van der Waals surface area contributed by atoms with E-state index < -0.39 is 53.2 Å². The van der Waals surface area contributed by atoms with Gasteiger partial charge in [0.15, 0.2) is 0 Å². The fourth-order valence-electron chi connectivity index (χ4n) is 4.75. The van der Waals surface area contributed by atoms with Crippen molar-refractivity contribution in [1.29, 1.82) is 0 Å². The Balaban J connectivity index is 1.90. The standard InChI is InChI=1S/C25H27F6N3O4/c1-23(2,3)38-22(36)33-9-5-6-15(18(35)12-33)34-16-7-8-20(25(29,30)31)32-21(16)13-10-14(24(26,27)28)19(37-4)11-17(13)34/h7-8,10-11,15,18,35H,5-6,9,12H2,1-4H3/t15-,18-/m1/s1. The number of ether oxygens (including phenoxy) is 2. The van der Waals surface area contributed by atoms with E-state index in [4.69, 9.17) is 9.47 Å². The Morgan fingerprint density at radius 1 is 1.05 bits per heavy atom. The largest absolute Gasteiger partial charge is 0.496 e. The number of carbonyl (C=O) groups excluding carboxylic acids is 1. The Kier molecular flexibility index (Phi) is 6.96. The second-order valence-electron chi connectivity index (χ2n) is 10.2. The van der Waals surface area contributed by atoms with E-state index >= 15 is 0 Å². The van der Waals surface area contributed by atoms with E-state index in [0.29, 0.717) is 6.42 Å². The topological polar surface area (TPSA) is 76.8 Å². The van der Waals surface area contributed by atoms with E-state index in [1.807, 2.05) is 0 Å². The molecule has 1 aromatic carbocycles. The number of aliphatic hydroxyl groups is 1. The van der Waals surface area contributed by atoms with E-state index in [2.05, 4.69) is 4.98 Å². The SMILES string of the molecule is COc1cc2c(cc1C(F)(F)F)c1nc(C(F)(F)F)ccc1n2[C@@H]1CCCN(C(=O)OC(C)(C)C)C[C@H]1O. The van der Waals surface area contributed by atoms with Gasteiger partial charge in [-0.05, 0) is 51.8 Å². The van der Waals surface area contributed by atoms with Gasteiger partial charge < -0.3 is 24.0 Å². The first-order chi connectivity index (χ1) is 17.5. The van der Waals surface area contributed by atoms with Crippen molar-refractivity contribution in [2.75, 3.05) is 20.2 Å². The van der Waals surface area contributed by atoms with Gasteiger partial charge in [0.25, 0.3) is 0 Å². The molecule has 1 amide bonds. The number of methoxy groups -OCH3 is 1. The number of hydrogen-bond donors (Lipinski definition) is 1. The highest BCUT2D eigenvalue weighted by Crippen LogP contribution is 2.43. The van der Waals surface area contributed by atoms with Gasteiger partial charge in [-0.2, -0.15) is 26.3 Å². The maximum atomic E-state index is 13.8. The van der Waals surface area contributed by atoms with Crippen LogP contribution in [0.4, 0.5) is 31.1 Å². The Morgan fingerprint density at radius 3 is 2.32 bits per heavy atom. The van der Waals surface area contributed by atoms with Crippen LogP contribution >= 0.6 is 0 Å².